The summed E-state index contributed by atoms with van der Waals surface area (Å²) in [5, 5.41) is 17.7. The normalized spacial score (nSPS) is 13.0. The maximum atomic E-state index is 8.82. The molecular weight excluding hydrogens is 276 g/mol. The molecule has 0 spiro atoms. The molecule has 0 saturated carbocycles. The van der Waals surface area contributed by atoms with Crippen LogP contribution in [0.2, 0.25) is 0 Å². The van der Waals surface area contributed by atoms with Crippen LogP contribution < -0.4 is 0 Å². The van der Waals surface area contributed by atoms with Gasteiger partial charge in [-0.1, -0.05) is 18.2 Å². The fraction of sp³-hybridized carbons (Fsp3) is 0.250. The number of hydrogen-bond donors (Lipinski definition) is 0. The zero-order valence-electron chi connectivity index (χ0n) is 12.0. The molecule has 1 aliphatic rings. The summed E-state index contributed by atoms with van der Waals surface area (Å²) in [5.74, 6) is 0.194. The van der Waals surface area contributed by atoms with Crippen LogP contribution in [0, 0.1) is 11.3 Å². The molecular formula is C16H14N6. The van der Waals surface area contributed by atoms with Crippen molar-refractivity contribution in [2.45, 2.75) is 25.8 Å². The Morgan fingerprint density at radius 3 is 2.77 bits per heavy atom. The molecule has 4 rings (SSSR count). The minimum absolute atomic E-state index is 0.194. The Bertz CT molecular complexity index is 853. The largest absolute Gasteiger partial charge is 0.252 e. The lowest BCUT2D eigenvalue weighted by Gasteiger charge is -2.04. The van der Waals surface area contributed by atoms with Crippen LogP contribution in [-0.4, -0.2) is 24.5 Å². The van der Waals surface area contributed by atoms with Crippen molar-refractivity contribution in [1.82, 2.24) is 24.5 Å². The molecule has 0 N–H and O–H groups in total. The summed E-state index contributed by atoms with van der Waals surface area (Å²) in [6, 6.07) is 12.1. The molecule has 0 bridgehead atoms. The van der Waals surface area contributed by atoms with Crippen LogP contribution in [-0.2, 0) is 19.4 Å². The number of nitrogens with zero attached hydrogens (tertiary/aromatic N) is 6. The van der Waals surface area contributed by atoms with Gasteiger partial charge in [0.1, 0.15) is 12.4 Å². The molecule has 2 heterocycles. The van der Waals surface area contributed by atoms with Gasteiger partial charge in [-0.2, -0.15) is 10.4 Å². The zero-order valence-corrected chi connectivity index (χ0v) is 12.0. The van der Waals surface area contributed by atoms with Crippen molar-refractivity contribution in [1.29, 1.82) is 5.26 Å². The van der Waals surface area contributed by atoms with E-state index in [9.17, 15) is 0 Å². The van der Waals surface area contributed by atoms with E-state index in [1.165, 1.54) is 11.3 Å². The van der Waals surface area contributed by atoms with E-state index in [-0.39, 0.29) is 5.82 Å². The summed E-state index contributed by atoms with van der Waals surface area (Å²) in [4.78, 5) is 3.95. The summed E-state index contributed by atoms with van der Waals surface area (Å²) in [6.45, 7) is 0.552. The predicted octanol–water partition coefficient (Wildman–Crippen LogP) is 1.87. The first-order chi connectivity index (χ1) is 10.8. The van der Waals surface area contributed by atoms with Gasteiger partial charge in [0.2, 0.25) is 0 Å². The number of benzene rings is 1. The van der Waals surface area contributed by atoms with Crippen LogP contribution in [0.1, 0.15) is 29.2 Å². The van der Waals surface area contributed by atoms with E-state index in [0.717, 1.165) is 30.6 Å². The molecule has 0 unspecified atom stereocenters. The van der Waals surface area contributed by atoms with Gasteiger partial charge in [0.15, 0.2) is 0 Å². The van der Waals surface area contributed by atoms with Crippen molar-refractivity contribution >= 4 is 0 Å². The number of para-hydroxylation sites is 1. The molecule has 108 valence electrons. The van der Waals surface area contributed by atoms with Gasteiger partial charge in [-0.15, -0.1) is 5.10 Å². The van der Waals surface area contributed by atoms with E-state index in [2.05, 4.69) is 22.2 Å². The highest BCUT2D eigenvalue weighted by Crippen LogP contribution is 2.28. The Kier molecular flexibility index (Phi) is 2.97. The molecule has 0 amide bonds. The Morgan fingerprint density at radius 1 is 1.14 bits per heavy atom. The number of aromatic nitrogens is 5. The van der Waals surface area contributed by atoms with E-state index >= 15 is 0 Å². The Balaban J connectivity index is 1.73. The first-order valence-corrected chi connectivity index (χ1v) is 7.30. The molecule has 0 saturated heterocycles. The number of fused-ring (bicyclic) bond motifs is 1. The van der Waals surface area contributed by atoms with Crippen molar-refractivity contribution in [3.8, 4) is 11.8 Å². The Labute approximate surface area is 127 Å². The highest BCUT2D eigenvalue weighted by Gasteiger charge is 2.23. The summed E-state index contributed by atoms with van der Waals surface area (Å²) in [7, 11) is 0. The predicted molar refractivity (Wildman–Crippen MR) is 79.4 cm³/mol. The van der Waals surface area contributed by atoms with Crippen LogP contribution in [0.4, 0.5) is 0 Å². The smallest absolute Gasteiger partial charge is 0.245 e. The minimum Gasteiger partial charge on any atom is -0.245 e. The lowest BCUT2D eigenvalue weighted by Crippen LogP contribution is -2.05. The summed E-state index contributed by atoms with van der Waals surface area (Å²) < 4.78 is 3.72. The lowest BCUT2D eigenvalue weighted by molar-refractivity contribution is 0.648. The molecule has 6 nitrogen and oxygen atoms in total. The topological polar surface area (TPSA) is 72.3 Å². The minimum atomic E-state index is 0.194. The molecule has 1 aliphatic carbocycles. The zero-order chi connectivity index (χ0) is 14.9. The molecule has 2 aromatic heterocycles. The molecule has 0 aliphatic heterocycles. The van der Waals surface area contributed by atoms with Crippen LogP contribution >= 0.6 is 0 Å². The standard InChI is InChI=1S/C16H14N6/c17-9-16-18-11-21(20-16)10-14-13-7-4-8-15(13)22(19-14)12-5-2-1-3-6-12/h1-3,5-6,11H,4,7-8,10H2. The summed E-state index contributed by atoms with van der Waals surface area (Å²) in [5.41, 5.74) is 4.72. The van der Waals surface area contributed by atoms with Crippen LogP contribution in [0.5, 0.6) is 0 Å². The van der Waals surface area contributed by atoms with E-state index in [1.807, 2.05) is 29.0 Å². The SMILES string of the molecule is N#Cc1ncn(Cc2nn(-c3ccccc3)c3c2CCC3)n1. The monoisotopic (exact) mass is 290 g/mol. The second kappa shape index (κ2) is 5.11. The van der Waals surface area contributed by atoms with Crippen LogP contribution in [0.25, 0.3) is 5.69 Å². The first-order valence-electron chi connectivity index (χ1n) is 7.30. The highest BCUT2D eigenvalue weighted by atomic mass is 15.4. The van der Waals surface area contributed by atoms with Crippen molar-refractivity contribution in [2.24, 2.45) is 0 Å². The molecule has 0 radical (unpaired) electrons. The van der Waals surface area contributed by atoms with E-state index in [0.29, 0.717) is 6.54 Å². The van der Waals surface area contributed by atoms with Crippen molar-refractivity contribution in [2.75, 3.05) is 0 Å². The maximum Gasteiger partial charge on any atom is 0.252 e. The van der Waals surface area contributed by atoms with Gasteiger partial charge in [-0.05, 0) is 37.0 Å². The molecule has 22 heavy (non-hydrogen) atoms. The van der Waals surface area contributed by atoms with Gasteiger partial charge in [-0.25, -0.2) is 14.3 Å². The van der Waals surface area contributed by atoms with E-state index < -0.39 is 0 Å². The second-order valence-electron chi connectivity index (χ2n) is 5.35. The van der Waals surface area contributed by atoms with Crippen molar-refractivity contribution in [3.05, 3.63) is 59.4 Å². The first kappa shape index (κ1) is 12.8. The second-order valence-corrected chi connectivity index (χ2v) is 5.35. The summed E-state index contributed by atoms with van der Waals surface area (Å²) in [6.07, 6.45) is 4.85. The van der Waals surface area contributed by atoms with Gasteiger partial charge in [0.05, 0.1) is 17.9 Å². The van der Waals surface area contributed by atoms with Gasteiger partial charge in [-0.3, -0.25) is 0 Å². The fourth-order valence-electron chi connectivity index (χ4n) is 3.00. The van der Waals surface area contributed by atoms with Crippen LogP contribution in [0.15, 0.2) is 36.7 Å². The number of rotatable bonds is 3. The molecule has 0 atom stereocenters. The fourth-order valence-corrected chi connectivity index (χ4v) is 3.00. The quantitative estimate of drug-likeness (QED) is 0.738. The number of nitriles is 1. The van der Waals surface area contributed by atoms with Crippen molar-refractivity contribution < 1.29 is 0 Å². The van der Waals surface area contributed by atoms with Crippen molar-refractivity contribution in [3.63, 3.8) is 0 Å². The molecule has 1 aromatic carbocycles. The van der Waals surface area contributed by atoms with Gasteiger partial charge in [0.25, 0.3) is 5.82 Å². The van der Waals surface area contributed by atoms with E-state index in [1.54, 1.807) is 11.0 Å². The maximum absolute atomic E-state index is 8.82. The Hall–Kier alpha value is -2.94. The van der Waals surface area contributed by atoms with Gasteiger partial charge in [0, 0.05) is 5.69 Å². The molecule has 3 aromatic rings. The number of hydrogen-bond acceptors (Lipinski definition) is 4. The molecule has 0 fully saturated rings. The molecule has 6 heteroatoms. The van der Waals surface area contributed by atoms with Gasteiger partial charge < -0.3 is 0 Å². The van der Waals surface area contributed by atoms with E-state index in [4.69, 9.17) is 10.4 Å². The van der Waals surface area contributed by atoms with Crippen LogP contribution in [0.3, 0.4) is 0 Å². The van der Waals surface area contributed by atoms with Gasteiger partial charge >= 0.3 is 0 Å². The average Bonchev–Trinajstić information content (AvgIpc) is 3.26. The Morgan fingerprint density at radius 2 is 2.00 bits per heavy atom. The highest BCUT2D eigenvalue weighted by molar-refractivity contribution is 5.39. The third-order valence-corrected chi connectivity index (χ3v) is 3.96. The third kappa shape index (κ3) is 2.07. The average molecular weight is 290 g/mol. The summed E-state index contributed by atoms with van der Waals surface area (Å²) >= 11 is 0. The lowest BCUT2D eigenvalue weighted by atomic mass is 10.2. The third-order valence-electron chi connectivity index (χ3n) is 3.96.